The summed E-state index contributed by atoms with van der Waals surface area (Å²) in [5.74, 6) is 0.476. The first-order valence-corrected chi connectivity index (χ1v) is 6.45. The summed E-state index contributed by atoms with van der Waals surface area (Å²) in [5, 5.41) is 13.0. The van der Waals surface area contributed by atoms with Crippen LogP contribution in [-0.2, 0) is 11.3 Å². The quantitative estimate of drug-likeness (QED) is 0.904. The SMILES string of the molecule is CC1CN(Cc2nc(-c3ccco3)no2)CC1C(=O)O. The van der Waals surface area contributed by atoms with Gasteiger partial charge in [-0.2, -0.15) is 4.98 Å². The molecule has 0 saturated carbocycles. The summed E-state index contributed by atoms with van der Waals surface area (Å²) < 4.78 is 10.4. The molecule has 2 aromatic heterocycles. The van der Waals surface area contributed by atoms with E-state index in [1.807, 2.05) is 11.8 Å². The largest absolute Gasteiger partial charge is 0.481 e. The van der Waals surface area contributed by atoms with Crippen LogP contribution in [0.15, 0.2) is 27.3 Å². The number of carbonyl (C=O) groups is 1. The van der Waals surface area contributed by atoms with Gasteiger partial charge in [0.1, 0.15) is 0 Å². The van der Waals surface area contributed by atoms with Crippen LogP contribution in [0.1, 0.15) is 12.8 Å². The topological polar surface area (TPSA) is 92.6 Å². The van der Waals surface area contributed by atoms with Crippen molar-refractivity contribution < 1.29 is 18.8 Å². The van der Waals surface area contributed by atoms with E-state index in [2.05, 4.69) is 10.1 Å². The van der Waals surface area contributed by atoms with E-state index in [0.29, 0.717) is 30.6 Å². The Bertz CT molecular complexity index is 593. The molecule has 0 bridgehead atoms. The van der Waals surface area contributed by atoms with Gasteiger partial charge in [0.2, 0.25) is 11.7 Å². The molecule has 20 heavy (non-hydrogen) atoms. The lowest BCUT2D eigenvalue weighted by Crippen LogP contribution is -2.23. The van der Waals surface area contributed by atoms with Gasteiger partial charge in [0.25, 0.3) is 0 Å². The molecule has 1 fully saturated rings. The number of carboxylic acids is 1. The summed E-state index contributed by atoms with van der Waals surface area (Å²) >= 11 is 0. The number of aliphatic carboxylic acids is 1. The normalized spacial score (nSPS) is 23.2. The van der Waals surface area contributed by atoms with E-state index >= 15 is 0 Å². The fraction of sp³-hybridized carbons (Fsp3) is 0.462. The Balaban J connectivity index is 1.66. The van der Waals surface area contributed by atoms with Crippen LogP contribution >= 0.6 is 0 Å². The van der Waals surface area contributed by atoms with Crippen LogP contribution in [0.25, 0.3) is 11.6 Å². The molecule has 1 aliphatic rings. The van der Waals surface area contributed by atoms with Gasteiger partial charge in [0, 0.05) is 13.1 Å². The minimum atomic E-state index is -0.748. The Kier molecular flexibility index (Phi) is 3.27. The van der Waals surface area contributed by atoms with Crippen molar-refractivity contribution in [1.82, 2.24) is 15.0 Å². The zero-order valence-corrected chi connectivity index (χ0v) is 11.0. The number of carboxylic acid groups (broad SMARTS) is 1. The molecule has 0 amide bonds. The number of hydrogen-bond acceptors (Lipinski definition) is 6. The molecular formula is C13H15N3O4. The lowest BCUT2D eigenvalue weighted by molar-refractivity contribution is -0.142. The average Bonchev–Trinajstić information content (AvgIpc) is 3.09. The van der Waals surface area contributed by atoms with Crippen LogP contribution in [0.4, 0.5) is 0 Å². The number of likely N-dealkylation sites (tertiary alicyclic amines) is 1. The summed E-state index contributed by atoms with van der Waals surface area (Å²) in [6, 6.07) is 3.51. The van der Waals surface area contributed by atoms with Crippen molar-refractivity contribution in [3.63, 3.8) is 0 Å². The molecule has 7 nitrogen and oxygen atoms in total. The van der Waals surface area contributed by atoms with E-state index in [4.69, 9.17) is 14.0 Å². The Morgan fingerprint density at radius 3 is 3.05 bits per heavy atom. The maximum Gasteiger partial charge on any atom is 0.308 e. The molecular weight excluding hydrogens is 262 g/mol. The molecule has 2 aromatic rings. The van der Waals surface area contributed by atoms with Gasteiger partial charge in [-0.1, -0.05) is 12.1 Å². The van der Waals surface area contributed by atoms with Crippen molar-refractivity contribution in [3.05, 3.63) is 24.3 Å². The molecule has 1 saturated heterocycles. The van der Waals surface area contributed by atoms with E-state index in [1.165, 1.54) is 0 Å². The highest BCUT2D eigenvalue weighted by molar-refractivity contribution is 5.71. The molecule has 0 spiro atoms. The van der Waals surface area contributed by atoms with Gasteiger partial charge in [-0.25, -0.2) is 0 Å². The van der Waals surface area contributed by atoms with Crippen LogP contribution in [0.3, 0.4) is 0 Å². The van der Waals surface area contributed by atoms with Crippen molar-refractivity contribution in [3.8, 4) is 11.6 Å². The third-order valence-electron chi connectivity index (χ3n) is 3.57. The third kappa shape index (κ3) is 2.44. The van der Waals surface area contributed by atoms with Gasteiger partial charge in [0.05, 0.1) is 18.7 Å². The molecule has 1 N–H and O–H groups in total. The predicted octanol–water partition coefficient (Wildman–Crippen LogP) is 1.48. The Morgan fingerprint density at radius 1 is 1.55 bits per heavy atom. The van der Waals surface area contributed by atoms with Crippen molar-refractivity contribution in [2.24, 2.45) is 11.8 Å². The third-order valence-corrected chi connectivity index (χ3v) is 3.57. The molecule has 7 heteroatoms. The predicted molar refractivity (Wildman–Crippen MR) is 67.6 cm³/mol. The molecule has 0 aliphatic carbocycles. The lowest BCUT2D eigenvalue weighted by Gasteiger charge is -2.11. The van der Waals surface area contributed by atoms with Gasteiger partial charge in [-0.05, 0) is 18.1 Å². The monoisotopic (exact) mass is 277 g/mol. The second kappa shape index (κ2) is 5.09. The number of aromatic nitrogens is 2. The summed E-state index contributed by atoms with van der Waals surface area (Å²) in [6.07, 6.45) is 1.55. The van der Waals surface area contributed by atoms with Gasteiger partial charge in [0.15, 0.2) is 5.76 Å². The van der Waals surface area contributed by atoms with E-state index in [-0.39, 0.29) is 11.8 Å². The molecule has 2 unspecified atom stereocenters. The summed E-state index contributed by atoms with van der Waals surface area (Å²) in [5.41, 5.74) is 0. The zero-order valence-electron chi connectivity index (χ0n) is 11.0. The van der Waals surface area contributed by atoms with Gasteiger partial charge < -0.3 is 14.0 Å². The molecule has 1 aliphatic heterocycles. The number of hydrogen-bond donors (Lipinski definition) is 1. The van der Waals surface area contributed by atoms with Crippen LogP contribution < -0.4 is 0 Å². The van der Waals surface area contributed by atoms with Crippen LogP contribution in [0, 0.1) is 11.8 Å². The van der Waals surface area contributed by atoms with Crippen molar-refractivity contribution in [2.45, 2.75) is 13.5 Å². The second-order valence-corrected chi connectivity index (χ2v) is 5.11. The fourth-order valence-electron chi connectivity index (χ4n) is 2.53. The smallest absolute Gasteiger partial charge is 0.308 e. The Labute approximate surface area is 115 Å². The summed E-state index contributed by atoms with van der Waals surface area (Å²) in [7, 11) is 0. The van der Waals surface area contributed by atoms with Gasteiger partial charge in [-0.15, -0.1) is 0 Å². The second-order valence-electron chi connectivity index (χ2n) is 5.11. The standard InChI is InChI=1S/C13H15N3O4/c1-8-5-16(6-9(8)13(17)18)7-11-14-12(15-20-11)10-3-2-4-19-10/h2-4,8-9H,5-7H2,1H3,(H,17,18). The number of nitrogens with zero attached hydrogens (tertiary/aromatic N) is 3. The zero-order chi connectivity index (χ0) is 14.1. The van der Waals surface area contributed by atoms with E-state index < -0.39 is 5.97 Å². The molecule has 0 radical (unpaired) electrons. The van der Waals surface area contributed by atoms with Crippen molar-refractivity contribution >= 4 is 5.97 Å². The summed E-state index contributed by atoms with van der Waals surface area (Å²) in [6.45, 7) is 3.63. The minimum Gasteiger partial charge on any atom is -0.481 e. The minimum absolute atomic E-state index is 0.125. The first-order valence-electron chi connectivity index (χ1n) is 6.45. The Hall–Kier alpha value is -2.15. The van der Waals surface area contributed by atoms with Crippen LogP contribution in [-0.4, -0.2) is 39.2 Å². The highest BCUT2D eigenvalue weighted by atomic mass is 16.5. The highest BCUT2D eigenvalue weighted by Crippen LogP contribution is 2.25. The van der Waals surface area contributed by atoms with Crippen molar-refractivity contribution in [2.75, 3.05) is 13.1 Å². The number of rotatable bonds is 4. The van der Waals surface area contributed by atoms with Crippen LogP contribution in [0.2, 0.25) is 0 Å². The number of furan rings is 1. The maximum atomic E-state index is 11.1. The highest BCUT2D eigenvalue weighted by Gasteiger charge is 2.35. The van der Waals surface area contributed by atoms with Gasteiger partial charge >= 0.3 is 5.97 Å². The molecule has 106 valence electrons. The molecule has 3 heterocycles. The molecule has 2 atom stereocenters. The first-order chi connectivity index (χ1) is 9.63. The first kappa shape index (κ1) is 12.9. The average molecular weight is 277 g/mol. The van der Waals surface area contributed by atoms with Gasteiger partial charge in [-0.3, -0.25) is 9.69 Å². The van der Waals surface area contributed by atoms with E-state index in [0.717, 1.165) is 6.54 Å². The fourth-order valence-corrected chi connectivity index (χ4v) is 2.53. The lowest BCUT2D eigenvalue weighted by atomic mass is 9.99. The molecule has 0 aromatic carbocycles. The van der Waals surface area contributed by atoms with E-state index in [9.17, 15) is 4.79 Å². The summed E-state index contributed by atoms with van der Waals surface area (Å²) in [4.78, 5) is 17.3. The molecule has 3 rings (SSSR count). The maximum absolute atomic E-state index is 11.1. The van der Waals surface area contributed by atoms with E-state index in [1.54, 1.807) is 18.4 Å². The van der Waals surface area contributed by atoms with Crippen LogP contribution in [0.5, 0.6) is 0 Å². The van der Waals surface area contributed by atoms with Crippen molar-refractivity contribution in [1.29, 1.82) is 0 Å². The Morgan fingerprint density at radius 2 is 2.40 bits per heavy atom.